The topological polar surface area (TPSA) is 99.3 Å². The van der Waals surface area contributed by atoms with Gasteiger partial charge in [-0.15, -0.1) is 0 Å². The van der Waals surface area contributed by atoms with Crippen molar-refractivity contribution in [1.82, 2.24) is 30.2 Å². The molecule has 1 N–H and O–H groups in total. The lowest BCUT2D eigenvalue weighted by atomic mass is 9.96. The number of alkyl halides is 3. The van der Waals surface area contributed by atoms with Gasteiger partial charge in [0.2, 0.25) is 0 Å². The number of ether oxygens (including phenoxy) is 1. The molecule has 2 amide bonds. The molecule has 2 atom stereocenters. The number of halogens is 3. The second-order valence-corrected chi connectivity index (χ2v) is 8.63. The maximum atomic E-state index is 12.7. The second-order valence-electron chi connectivity index (χ2n) is 8.63. The molecule has 2 unspecified atom stereocenters. The van der Waals surface area contributed by atoms with Gasteiger partial charge in [-0.2, -0.15) is 18.2 Å². The van der Waals surface area contributed by atoms with Crippen LogP contribution >= 0.6 is 0 Å². The van der Waals surface area contributed by atoms with Gasteiger partial charge in [-0.25, -0.2) is 9.79 Å². The summed E-state index contributed by atoms with van der Waals surface area (Å²) in [5, 5.41) is 6.35. The molecule has 0 saturated carbocycles. The molecule has 5 rings (SSSR count). The smallest absolute Gasteiger partial charge is 0.381 e. The summed E-state index contributed by atoms with van der Waals surface area (Å²) >= 11 is 0. The summed E-state index contributed by atoms with van der Waals surface area (Å²) < 4.78 is 47.8. The van der Waals surface area contributed by atoms with Crippen molar-refractivity contribution in [2.75, 3.05) is 33.0 Å². The van der Waals surface area contributed by atoms with Crippen molar-refractivity contribution in [1.29, 1.82) is 0 Å². The Bertz CT molecular complexity index is 941. The molecule has 0 bridgehead atoms. The fraction of sp³-hybridized carbons (Fsp3) is 0.684. The van der Waals surface area contributed by atoms with E-state index in [-0.39, 0.29) is 30.2 Å². The van der Waals surface area contributed by atoms with E-state index in [0.29, 0.717) is 50.7 Å². The van der Waals surface area contributed by atoms with Crippen LogP contribution in [-0.2, 0) is 17.5 Å². The molecule has 0 radical (unpaired) electrons. The molecule has 0 aromatic carbocycles. The van der Waals surface area contributed by atoms with E-state index in [9.17, 15) is 18.0 Å². The van der Waals surface area contributed by atoms with E-state index >= 15 is 0 Å². The van der Waals surface area contributed by atoms with Gasteiger partial charge in [0, 0.05) is 44.5 Å². The fourth-order valence-electron chi connectivity index (χ4n) is 4.68. The largest absolute Gasteiger partial charge is 0.471 e. The molecule has 2 saturated heterocycles. The van der Waals surface area contributed by atoms with Gasteiger partial charge in [-0.05, 0) is 18.8 Å². The fourth-order valence-corrected chi connectivity index (χ4v) is 4.68. The number of carbonyl (C=O) groups is 1. The molecule has 0 aliphatic carbocycles. The average Bonchev–Trinajstić information content (AvgIpc) is 3.47. The van der Waals surface area contributed by atoms with Gasteiger partial charge < -0.3 is 14.2 Å². The van der Waals surface area contributed by atoms with Crippen LogP contribution in [0.3, 0.4) is 0 Å². The van der Waals surface area contributed by atoms with Gasteiger partial charge in [0.05, 0.1) is 6.54 Å². The van der Waals surface area contributed by atoms with Crippen molar-refractivity contribution in [3.05, 3.63) is 23.7 Å². The lowest BCUT2D eigenvalue weighted by molar-refractivity contribution is -0.159. The van der Waals surface area contributed by atoms with Crippen molar-refractivity contribution >= 4 is 11.9 Å². The Kier molecular flexibility index (Phi) is 5.32. The highest BCUT2D eigenvalue weighted by Gasteiger charge is 2.41. The Morgan fingerprint density at radius 2 is 2.03 bits per heavy atom. The Morgan fingerprint density at radius 3 is 2.75 bits per heavy atom. The first-order valence-electron chi connectivity index (χ1n) is 10.6. The molecule has 5 heterocycles. The first-order valence-corrected chi connectivity index (χ1v) is 10.6. The summed E-state index contributed by atoms with van der Waals surface area (Å²) in [6, 6.07) is 0.111. The summed E-state index contributed by atoms with van der Waals surface area (Å²) in [6.07, 6.45) is -0.899. The third-order valence-corrected chi connectivity index (χ3v) is 6.35. The monoisotopic (exact) mass is 455 g/mol. The van der Waals surface area contributed by atoms with Crippen LogP contribution in [-0.4, -0.2) is 75.7 Å². The SMILES string of the molecule is CC1CN(Cc2noc(C(F)(F)F)n2)CC1C1=NC2=CN(C3CCOCC3)CN2C(=O)N1. The molecular weight excluding hydrogens is 431 g/mol. The van der Waals surface area contributed by atoms with Crippen molar-refractivity contribution in [2.24, 2.45) is 16.8 Å². The molecule has 1 aromatic rings. The highest BCUT2D eigenvalue weighted by molar-refractivity contribution is 6.02. The Morgan fingerprint density at radius 1 is 1.25 bits per heavy atom. The van der Waals surface area contributed by atoms with Gasteiger partial charge in [-0.3, -0.25) is 15.1 Å². The molecular formula is C19H24F3N7O3. The number of likely N-dealkylation sites (tertiary alicyclic amines) is 1. The van der Waals surface area contributed by atoms with E-state index in [1.165, 1.54) is 0 Å². The van der Waals surface area contributed by atoms with E-state index in [1.54, 1.807) is 4.90 Å². The maximum Gasteiger partial charge on any atom is 0.471 e. The van der Waals surface area contributed by atoms with E-state index < -0.39 is 12.1 Å². The maximum absolute atomic E-state index is 12.7. The molecule has 4 aliphatic heterocycles. The summed E-state index contributed by atoms with van der Waals surface area (Å²) in [5.41, 5.74) is 0. The van der Waals surface area contributed by atoms with Crippen molar-refractivity contribution in [3.63, 3.8) is 0 Å². The molecule has 13 heteroatoms. The number of hydrogen-bond donors (Lipinski definition) is 1. The highest BCUT2D eigenvalue weighted by atomic mass is 19.4. The standard InChI is InChI=1S/C19H24F3N7O3/c1-11-6-27(8-14-23-17(32-26-14)19(20,21)22)7-13(11)16-24-15-9-28(10-29(15)18(30)25-16)12-2-4-31-5-3-12/h9,11-13H,2-8,10H2,1H3,(H,24,25,30). The molecule has 4 aliphatic rings. The van der Waals surface area contributed by atoms with E-state index in [4.69, 9.17) is 9.73 Å². The van der Waals surface area contributed by atoms with Gasteiger partial charge in [0.1, 0.15) is 12.5 Å². The van der Waals surface area contributed by atoms with Crippen molar-refractivity contribution in [2.45, 2.75) is 38.5 Å². The van der Waals surface area contributed by atoms with Crippen LogP contribution < -0.4 is 5.32 Å². The minimum absolute atomic E-state index is 0.0171. The number of urea groups is 1. The number of rotatable bonds is 4. The molecule has 174 valence electrons. The molecule has 10 nitrogen and oxygen atoms in total. The van der Waals surface area contributed by atoms with Crippen LogP contribution in [0, 0.1) is 11.8 Å². The lowest BCUT2D eigenvalue weighted by Gasteiger charge is -2.32. The minimum atomic E-state index is -4.66. The first kappa shape index (κ1) is 21.2. The quantitative estimate of drug-likeness (QED) is 0.740. The first-order chi connectivity index (χ1) is 15.3. The number of amidine groups is 1. The van der Waals surface area contributed by atoms with Crippen LogP contribution in [0.25, 0.3) is 0 Å². The van der Waals surface area contributed by atoms with Crippen LogP contribution in [0.15, 0.2) is 21.5 Å². The molecule has 0 spiro atoms. The van der Waals surface area contributed by atoms with Crippen LogP contribution in [0.5, 0.6) is 0 Å². The third-order valence-electron chi connectivity index (χ3n) is 6.35. The molecule has 1 aromatic heterocycles. The van der Waals surface area contributed by atoms with Gasteiger partial charge in [0.15, 0.2) is 11.6 Å². The second kappa shape index (κ2) is 8.03. The van der Waals surface area contributed by atoms with Crippen molar-refractivity contribution < 1.29 is 27.2 Å². The highest BCUT2D eigenvalue weighted by Crippen LogP contribution is 2.31. The van der Waals surface area contributed by atoms with Crippen LogP contribution in [0.4, 0.5) is 18.0 Å². The number of nitrogens with one attached hydrogen (secondary N) is 1. The number of fused-ring (bicyclic) bond motifs is 1. The zero-order chi connectivity index (χ0) is 22.5. The van der Waals surface area contributed by atoms with Crippen LogP contribution in [0.2, 0.25) is 0 Å². The minimum Gasteiger partial charge on any atom is -0.381 e. The normalized spacial score (nSPS) is 27.4. The summed E-state index contributed by atoms with van der Waals surface area (Å²) in [7, 11) is 0. The third kappa shape index (κ3) is 4.06. The van der Waals surface area contributed by atoms with Crippen LogP contribution in [0.1, 0.15) is 31.5 Å². The van der Waals surface area contributed by atoms with Gasteiger partial charge in [-0.1, -0.05) is 12.1 Å². The summed E-state index contributed by atoms with van der Waals surface area (Å²) in [5.74, 6) is -0.0743. The zero-order valence-electron chi connectivity index (χ0n) is 17.5. The zero-order valence-corrected chi connectivity index (χ0v) is 17.5. The lowest BCUT2D eigenvalue weighted by Crippen LogP contribution is -2.50. The molecule has 2 fully saturated rings. The van der Waals surface area contributed by atoms with Crippen molar-refractivity contribution in [3.8, 4) is 0 Å². The van der Waals surface area contributed by atoms with E-state index in [1.807, 2.05) is 18.0 Å². The predicted molar refractivity (Wildman–Crippen MR) is 104 cm³/mol. The Balaban J connectivity index is 1.27. The van der Waals surface area contributed by atoms with E-state index in [0.717, 1.165) is 12.8 Å². The Labute approximate surface area is 182 Å². The van der Waals surface area contributed by atoms with E-state index in [2.05, 4.69) is 24.9 Å². The summed E-state index contributed by atoms with van der Waals surface area (Å²) in [6.45, 7) is 5.19. The number of amides is 2. The number of nitrogens with zero attached hydrogens (tertiary/aromatic N) is 6. The number of hydrogen-bond acceptors (Lipinski definition) is 8. The number of aliphatic imine (C=N–C) groups is 1. The van der Waals surface area contributed by atoms with Gasteiger partial charge in [0.25, 0.3) is 0 Å². The average molecular weight is 455 g/mol. The summed E-state index contributed by atoms with van der Waals surface area (Å²) in [4.78, 5) is 26.6. The molecule has 32 heavy (non-hydrogen) atoms. The van der Waals surface area contributed by atoms with Gasteiger partial charge >= 0.3 is 18.1 Å². The number of carbonyl (C=O) groups excluding carboxylic acids is 1. The predicted octanol–water partition coefficient (Wildman–Crippen LogP) is 1.83. The number of aromatic nitrogens is 2. The Hall–Kier alpha value is -2.67.